The Balaban J connectivity index is 0.00000264. The monoisotopic (exact) mass is 379 g/mol. The second-order valence-electron chi connectivity index (χ2n) is 4.62. The molecule has 24 heavy (non-hydrogen) atoms. The zero-order chi connectivity index (χ0) is 16.5. The van der Waals surface area contributed by atoms with Crippen LogP contribution in [0.25, 0.3) is 0 Å². The first-order chi connectivity index (χ1) is 10.2. The maximum absolute atomic E-state index is 10.8. The van der Waals surface area contributed by atoms with Gasteiger partial charge in [0.1, 0.15) is 12.2 Å². The van der Waals surface area contributed by atoms with Crippen LogP contribution < -0.4 is 78.6 Å². The molecule has 4 atom stereocenters. The molecular weight excluding hydrogens is 367 g/mol. The molecular formula is C11H12NNa2O9P. The van der Waals surface area contributed by atoms with Gasteiger partial charge in [-0.3, -0.25) is 0 Å². The first-order valence-electron chi connectivity index (χ1n) is 6.09. The minimum atomic E-state index is -5.24. The number of carboxylic acid groups (broad SMARTS) is 1. The molecule has 10 nitrogen and oxygen atoms in total. The summed E-state index contributed by atoms with van der Waals surface area (Å²) in [6, 6.07) is 2.62. The minimum absolute atomic E-state index is 0. The molecule has 1 fully saturated rings. The van der Waals surface area contributed by atoms with Crippen LogP contribution in [0.4, 0.5) is 0 Å². The van der Waals surface area contributed by atoms with Crippen LogP contribution in [0.5, 0.6) is 0 Å². The van der Waals surface area contributed by atoms with Crippen molar-refractivity contribution in [1.82, 2.24) is 0 Å². The van der Waals surface area contributed by atoms with Gasteiger partial charge in [-0.05, 0) is 6.07 Å². The van der Waals surface area contributed by atoms with E-state index in [1.165, 1.54) is 22.9 Å². The number of phosphoric ester groups is 1. The number of nitrogens with zero attached hydrogens (tertiary/aromatic N) is 1. The number of carboxylic acids is 1. The maximum atomic E-state index is 10.8. The Bertz CT molecular complexity index is 613. The van der Waals surface area contributed by atoms with E-state index in [2.05, 4.69) is 4.52 Å². The summed E-state index contributed by atoms with van der Waals surface area (Å²) in [5, 5.41) is 30.5. The Hall–Kier alpha value is 0.610. The first-order valence-corrected chi connectivity index (χ1v) is 7.55. The molecule has 122 valence electrons. The fourth-order valence-electron chi connectivity index (χ4n) is 2.05. The van der Waals surface area contributed by atoms with Crippen LogP contribution in [0, 0.1) is 0 Å². The summed E-state index contributed by atoms with van der Waals surface area (Å²) in [5.41, 5.74) is -0.184. The first kappa shape index (κ1) is 24.6. The number of aliphatic hydroxyl groups excluding tert-OH is 2. The van der Waals surface area contributed by atoms with Gasteiger partial charge in [-0.15, -0.1) is 0 Å². The Morgan fingerprint density at radius 2 is 1.96 bits per heavy atom. The number of aliphatic hydroxyl groups is 2. The van der Waals surface area contributed by atoms with Crippen LogP contribution in [-0.2, 0) is 13.8 Å². The molecule has 0 bridgehead atoms. The van der Waals surface area contributed by atoms with Crippen molar-refractivity contribution in [3.8, 4) is 0 Å². The van der Waals surface area contributed by atoms with E-state index in [4.69, 9.17) is 4.74 Å². The molecule has 0 unspecified atom stereocenters. The average Bonchev–Trinajstić information content (AvgIpc) is 2.72. The van der Waals surface area contributed by atoms with Gasteiger partial charge in [-0.2, -0.15) is 4.57 Å². The van der Waals surface area contributed by atoms with Gasteiger partial charge >= 0.3 is 59.1 Å². The van der Waals surface area contributed by atoms with Crippen LogP contribution in [0.2, 0.25) is 0 Å². The van der Waals surface area contributed by atoms with Crippen molar-refractivity contribution in [2.75, 3.05) is 6.61 Å². The summed E-state index contributed by atoms with van der Waals surface area (Å²) < 4.78 is 20.8. The standard InChI is InChI=1S/C11H14NO9P.2Na/c13-8-7(5-20-22(17,18)19)21-10(9(8)14)12-3-1-2-6(4-12)11(15)16;;/h1-4,7-10,13-14H,5H2,(H2-,15,16,17,18,19);;/q;2*+1/p-2/t7-,8-,9-,10-;;/m1../s1. The number of carbonyl (C=O) groups is 1. The number of pyridine rings is 1. The van der Waals surface area contributed by atoms with E-state index in [1.54, 1.807) is 0 Å². The third-order valence-electron chi connectivity index (χ3n) is 3.09. The molecule has 1 aliphatic heterocycles. The predicted molar refractivity (Wildman–Crippen MR) is 60.4 cm³/mol. The second-order valence-corrected chi connectivity index (χ2v) is 5.77. The molecule has 13 heteroatoms. The molecule has 0 aliphatic carbocycles. The zero-order valence-corrected chi connectivity index (χ0v) is 17.9. The number of hydrogen-bond donors (Lipinski definition) is 2. The third-order valence-corrected chi connectivity index (χ3v) is 3.55. The molecule has 1 saturated heterocycles. The second kappa shape index (κ2) is 10.1. The van der Waals surface area contributed by atoms with Crippen molar-refractivity contribution in [3.05, 3.63) is 30.1 Å². The third kappa shape index (κ3) is 6.40. The average molecular weight is 379 g/mol. The summed E-state index contributed by atoms with van der Waals surface area (Å²) in [5.74, 6) is -1.44. The predicted octanol–water partition coefficient (Wildman–Crippen LogP) is -10.2. The van der Waals surface area contributed by atoms with E-state index >= 15 is 0 Å². The van der Waals surface area contributed by atoms with Gasteiger partial charge < -0.3 is 43.7 Å². The number of ether oxygens (including phenoxy) is 1. The van der Waals surface area contributed by atoms with E-state index in [1.807, 2.05) is 0 Å². The van der Waals surface area contributed by atoms with Gasteiger partial charge in [0.25, 0.3) is 6.23 Å². The van der Waals surface area contributed by atoms with Crippen molar-refractivity contribution in [1.29, 1.82) is 0 Å². The van der Waals surface area contributed by atoms with Crippen molar-refractivity contribution >= 4 is 13.8 Å². The molecule has 0 saturated carbocycles. The van der Waals surface area contributed by atoms with Crippen molar-refractivity contribution in [2.45, 2.75) is 24.5 Å². The van der Waals surface area contributed by atoms with Crippen LogP contribution >= 0.6 is 7.82 Å². The Labute approximate surface area is 181 Å². The van der Waals surface area contributed by atoms with Crippen molar-refractivity contribution in [2.24, 2.45) is 0 Å². The van der Waals surface area contributed by atoms with E-state index < -0.39 is 44.9 Å². The van der Waals surface area contributed by atoms with Gasteiger partial charge in [0.2, 0.25) is 0 Å². The molecule has 2 N–H and O–H groups in total. The van der Waals surface area contributed by atoms with Crippen molar-refractivity contribution in [3.63, 3.8) is 0 Å². The van der Waals surface area contributed by atoms with Crippen LogP contribution in [-0.4, -0.2) is 41.1 Å². The Morgan fingerprint density at radius 1 is 1.33 bits per heavy atom. The summed E-state index contributed by atoms with van der Waals surface area (Å²) in [6.45, 7) is -0.764. The molecule has 1 aliphatic rings. The fraction of sp³-hybridized carbons (Fsp3) is 0.455. The van der Waals surface area contributed by atoms with E-state index in [-0.39, 0.29) is 64.7 Å². The van der Waals surface area contributed by atoms with E-state index in [0.29, 0.717) is 0 Å². The number of hydrogen-bond acceptors (Lipinski definition) is 9. The number of carbonyl (C=O) groups excluding carboxylic acids is 1. The molecule has 0 amide bonds. The molecule has 0 aromatic carbocycles. The molecule has 0 radical (unpaired) electrons. The van der Waals surface area contributed by atoms with Gasteiger partial charge in [0.05, 0.1) is 26.0 Å². The largest absolute Gasteiger partial charge is 1.00 e. The van der Waals surface area contributed by atoms with Crippen LogP contribution in [0.1, 0.15) is 16.6 Å². The molecule has 2 heterocycles. The molecule has 1 aromatic heterocycles. The van der Waals surface area contributed by atoms with Crippen molar-refractivity contribution < 1.29 is 107 Å². The normalized spacial score (nSPS) is 26.3. The van der Waals surface area contributed by atoms with Gasteiger partial charge in [0, 0.05) is 6.07 Å². The number of aromatic nitrogens is 1. The quantitative estimate of drug-likeness (QED) is 0.287. The summed E-state index contributed by atoms with van der Waals surface area (Å²) in [6.07, 6.45) is -2.95. The summed E-state index contributed by atoms with van der Waals surface area (Å²) in [4.78, 5) is 31.6. The minimum Gasteiger partial charge on any atom is -0.790 e. The number of rotatable bonds is 5. The van der Waals surface area contributed by atoms with Gasteiger partial charge in [0.15, 0.2) is 18.5 Å². The van der Waals surface area contributed by atoms with E-state index in [0.717, 1.165) is 6.20 Å². The molecule has 2 rings (SSSR count). The smallest absolute Gasteiger partial charge is 0.790 e. The van der Waals surface area contributed by atoms with Gasteiger partial charge in [-0.25, -0.2) is 0 Å². The Morgan fingerprint density at radius 3 is 2.50 bits per heavy atom. The zero-order valence-electron chi connectivity index (χ0n) is 13.0. The SMILES string of the molecule is O=C([O-])c1ccc[n+]([C@@H]2O[C@H](COP(=O)([O-])[O-])[C@@H](O)[C@H]2O)c1.[Na+].[Na+]. The molecule has 1 aromatic rings. The number of aromatic carboxylic acids is 1. The Kier molecular flexibility index (Phi) is 10.3. The summed E-state index contributed by atoms with van der Waals surface area (Å²) in [7, 11) is -5.24. The molecule has 0 spiro atoms. The van der Waals surface area contributed by atoms with Gasteiger partial charge in [-0.1, -0.05) is 0 Å². The maximum Gasteiger partial charge on any atom is 1.00 e. The van der Waals surface area contributed by atoms with Crippen LogP contribution in [0.15, 0.2) is 24.5 Å². The topological polar surface area (TPSA) is 166 Å². The fourth-order valence-corrected chi connectivity index (χ4v) is 2.38. The summed E-state index contributed by atoms with van der Waals surface area (Å²) >= 11 is 0. The number of phosphoric acid groups is 1. The van der Waals surface area contributed by atoms with E-state index in [9.17, 15) is 34.5 Å². The van der Waals surface area contributed by atoms with Crippen LogP contribution in [0.3, 0.4) is 0 Å².